The van der Waals surface area contributed by atoms with Gasteiger partial charge in [-0.2, -0.15) is 5.26 Å². The molecular formula is C26H33N5O3. The van der Waals surface area contributed by atoms with Crippen LogP contribution in [0.5, 0.6) is 11.5 Å². The Labute approximate surface area is 201 Å². The number of nitriles is 1. The largest absolute Gasteiger partial charge is 0.497 e. The van der Waals surface area contributed by atoms with Crippen LogP contribution >= 0.6 is 0 Å². The normalized spacial score (nSPS) is 13.5. The van der Waals surface area contributed by atoms with Crippen LogP contribution in [0.25, 0.3) is 0 Å². The van der Waals surface area contributed by atoms with Crippen molar-refractivity contribution in [2.24, 2.45) is 0 Å². The number of amides is 2. The molecule has 0 radical (unpaired) electrons. The van der Waals surface area contributed by atoms with E-state index in [1.165, 1.54) is 0 Å². The number of para-hydroxylation sites is 1. The second-order valence-corrected chi connectivity index (χ2v) is 8.17. The van der Waals surface area contributed by atoms with Gasteiger partial charge in [-0.1, -0.05) is 24.8 Å². The minimum absolute atomic E-state index is 0.202. The maximum atomic E-state index is 13.1. The van der Waals surface area contributed by atoms with Crippen LogP contribution < -0.4 is 20.1 Å². The summed E-state index contributed by atoms with van der Waals surface area (Å²) in [6, 6.07) is 16.4. The van der Waals surface area contributed by atoms with E-state index in [1.54, 1.807) is 36.3 Å². The zero-order valence-electron chi connectivity index (χ0n) is 19.8. The third-order valence-electron chi connectivity index (χ3n) is 5.52. The molecule has 0 bridgehead atoms. The van der Waals surface area contributed by atoms with Crippen molar-refractivity contribution < 1.29 is 14.3 Å². The van der Waals surface area contributed by atoms with Gasteiger partial charge < -0.3 is 25.0 Å². The minimum atomic E-state index is -0.202. The topological polar surface area (TPSA) is 89.9 Å². The Bertz CT molecular complexity index is 998. The molecule has 1 fully saturated rings. The van der Waals surface area contributed by atoms with Gasteiger partial charge in [0.1, 0.15) is 17.6 Å². The molecule has 3 rings (SSSR count). The van der Waals surface area contributed by atoms with Gasteiger partial charge in [-0.25, -0.2) is 4.79 Å². The van der Waals surface area contributed by atoms with E-state index < -0.39 is 0 Å². The molecule has 2 N–H and O–H groups in total. The number of hydrogen-bond donors (Lipinski definition) is 2. The van der Waals surface area contributed by atoms with Gasteiger partial charge in [-0.05, 0) is 36.3 Å². The Hall–Kier alpha value is -3.54. The maximum Gasteiger partial charge on any atom is 0.322 e. The van der Waals surface area contributed by atoms with Crippen LogP contribution in [0.4, 0.5) is 10.5 Å². The van der Waals surface area contributed by atoms with Gasteiger partial charge >= 0.3 is 6.03 Å². The molecule has 2 amide bonds. The van der Waals surface area contributed by atoms with Crippen LogP contribution in [-0.4, -0.2) is 75.4 Å². The van der Waals surface area contributed by atoms with Crippen LogP contribution in [0.3, 0.4) is 0 Å². The summed E-state index contributed by atoms with van der Waals surface area (Å²) in [6.45, 7) is 10.2. The fraction of sp³-hybridized carbons (Fsp3) is 0.385. The van der Waals surface area contributed by atoms with Crippen molar-refractivity contribution in [1.29, 1.82) is 5.26 Å². The van der Waals surface area contributed by atoms with E-state index in [1.807, 2.05) is 24.3 Å². The standard InChI is InChI=1S/C26H33N5O3/c1-21(19-30-14-11-28-12-15-30)20-31(26(32)29-23-8-5-9-24(17-23)33-2)13-6-16-34-25-10-4-3-7-22(25)18-27/h3-5,7-10,17,28H,1,6,11-16,19-20H2,2H3,(H,29,32). The molecule has 0 spiro atoms. The zero-order chi connectivity index (χ0) is 24.2. The zero-order valence-corrected chi connectivity index (χ0v) is 19.8. The van der Waals surface area contributed by atoms with Gasteiger partial charge in [-0.3, -0.25) is 4.90 Å². The first-order valence-corrected chi connectivity index (χ1v) is 11.5. The van der Waals surface area contributed by atoms with E-state index >= 15 is 0 Å². The molecule has 0 aliphatic carbocycles. The predicted molar refractivity (Wildman–Crippen MR) is 133 cm³/mol. The highest BCUT2D eigenvalue weighted by atomic mass is 16.5. The lowest BCUT2D eigenvalue weighted by molar-refractivity contribution is 0.205. The fourth-order valence-electron chi connectivity index (χ4n) is 3.78. The molecule has 8 nitrogen and oxygen atoms in total. The summed E-state index contributed by atoms with van der Waals surface area (Å²) in [4.78, 5) is 17.2. The second kappa shape index (κ2) is 13.2. The Kier molecular flexibility index (Phi) is 9.77. The van der Waals surface area contributed by atoms with E-state index in [0.29, 0.717) is 48.9 Å². The third kappa shape index (κ3) is 7.80. The number of hydrogen-bond acceptors (Lipinski definition) is 6. The number of rotatable bonds is 11. The molecule has 1 aliphatic heterocycles. The van der Waals surface area contributed by atoms with Gasteiger partial charge in [0.15, 0.2) is 0 Å². The first kappa shape index (κ1) is 25.1. The van der Waals surface area contributed by atoms with E-state index in [4.69, 9.17) is 9.47 Å². The number of carbonyl (C=O) groups excluding carboxylic acids is 1. The Morgan fingerprint density at radius 2 is 2.03 bits per heavy atom. The quantitative estimate of drug-likeness (QED) is 0.393. The lowest BCUT2D eigenvalue weighted by atomic mass is 10.2. The minimum Gasteiger partial charge on any atom is -0.497 e. The summed E-state index contributed by atoms with van der Waals surface area (Å²) in [5.74, 6) is 1.23. The van der Waals surface area contributed by atoms with E-state index in [2.05, 4.69) is 28.2 Å². The summed E-state index contributed by atoms with van der Waals surface area (Å²) in [7, 11) is 1.60. The average Bonchev–Trinajstić information content (AvgIpc) is 2.86. The smallest absolute Gasteiger partial charge is 0.322 e. The van der Waals surface area contributed by atoms with Gasteiger partial charge in [0, 0.05) is 57.6 Å². The first-order valence-electron chi connectivity index (χ1n) is 11.5. The van der Waals surface area contributed by atoms with Crippen molar-refractivity contribution in [2.45, 2.75) is 6.42 Å². The molecule has 34 heavy (non-hydrogen) atoms. The van der Waals surface area contributed by atoms with Crippen molar-refractivity contribution in [3.63, 3.8) is 0 Å². The molecule has 2 aromatic rings. The fourth-order valence-corrected chi connectivity index (χ4v) is 3.78. The SMILES string of the molecule is C=C(CN1CCNCC1)CN(CCCOc1ccccc1C#N)C(=O)Nc1cccc(OC)c1. The molecular weight excluding hydrogens is 430 g/mol. The number of urea groups is 1. The van der Waals surface area contributed by atoms with Crippen LogP contribution in [-0.2, 0) is 0 Å². The second-order valence-electron chi connectivity index (χ2n) is 8.17. The highest BCUT2D eigenvalue weighted by molar-refractivity contribution is 5.89. The molecule has 2 aromatic carbocycles. The number of anilines is 1. The molecule has 180 valence electrons. The average molecular weight is 464 g/mol. The summed E-state index contributed by atoms with van der Waals surface area (Å²) in [5.41, 5.74) is 2.15. The molecule has 8 heteroatoms. The number of nitrogens with one attached hydrogen (secondary N) is 2. The van der Waals surface area contributed by atoms with Crippen LogP contribution in [0.15, 0.2) is 60.7 Å². The molecule has 1 saturated heterocycles. The highest BCUT2D eigenvalue weighted by Crippen LogP contribution is 2.18. The number of ether oxygens (including phenoxy) is 2. The molecule has 0 aromatic heterocycles. The summed E-state index contributed by atoms with van der Waals surface area (Å²) < 4.78 is 11.1. The van der Waals surface area contributed by atoms with Crippen molar-refractivity contribution in [2.75, 3.05) is 64.8 Å². The van der Waals surface area contributed by atoms with Gasteiger partial charge in [-0.15, -0.1) is 0 Å². The van der Waals surface area contributed by atoms with E-state index in [-0.39, 0.29) is 6.03 Å². The Balaban J connectivity index is 1.59. The Morgan fingerprint density at radius 3 is 2.79 bits per heavy atom. The summed E-state index contributed by atoms with van der Waals surface area (Å²) in [5, 5.41) is 15.5. The lowest BCUT2D eigenvalue weighted by Gasteiger charge is -2.30. The number of piperazine rings is 1. The third-order valence-corrected chi connectivity index (χ3v) is 5.52. The number of methoxy groups -OCH3 is 1. The monoisotopic (exact) mass is 463 g/mol. The molecule has 1 aliphatic rings. The maximum absolute atomic E-state index is 13.1. The first-order chi connectivity index (χ1) is 16.6. The molecule has 0 saturated carbocycles. The number of nitrogens with zero attached hydrogens (tertiary/aromatic N) is 3. The van der Waals surface area contributed by atoms with Crippen molar-refractivity contribution in [3.05, 3.63) is 66.2 Å². The molecule has 0 unspecified atom stereocenters. The van der Waals surface area contributed by atoms with Crippen LogP contribution in [0, 0.1) is 11.3 Å². The van der Waals surface area contributed by atoms with Gasteiger partial charge in [0.25, 0.3) is 0 Å². The van der Waals surface area contributed by atoms with Crippen molar-refractivity contribution in [1.82, 2.24) is 15.1 Å². The Morgan fingerprint density at radius 1 is 1.24 bits per heavy atom. The van der Waals surface area contributed by atoms with Gasteiger partial charge in [0.05, 0.1) is 19.3 Å². The number of carbonyl (C=O) groups is 1. The molecule has 1 heterocycles. The van der Waals surface area contributed by atoms with Crippen molar-refractivity contribution in [3.8, 4) is 17.6 Å². The lowest BCUT2D eigenvalue weighted by Crippen LogP contribution is -2.45. The summed E-state index contributed by atoms with van der Waals surface area (Å²) >= 11 is 0. The van der Waals surface area contributed by atoms with Crippen molar-refractivity contribution >= 4 is 11.7 Å². The van der Waals surface area contributed by atoms with E-state index in [9.17, 15) is 10.1 Å². The molecule has 0 atom stereocenters. The summed E-state index contributed by atoms with van der Waals surface area (Å²) in [6.07, 6.45) is 0.617. The van der Waals surface area contributed by atoms with Crippen LogP contribution in [0.1, 0.15) is 12.0 Å². The van der Waals surface area contributed by atoms with Gasteiger partial charge in [0.2, 0.25) is 0 Å². The van der Waals surface area contributed by atoms with E-state index in [0.717, 1.165) is 38.3 Å². The number of benzene rings is 2. The highest BCUT2D eigenvalue weighted by Gasteiger charge is 2.17. The predicted octanol–water partition coefficient (Wildman–Crippen LogP) is 3.33. The van der Waals surface area contributed by atoms with Crippen LogP contribution in [0.2, 0.25) is 0 Å².